The predicted octanol–water partition coefficient (Wildman–Crippen LogP) is 4.26. The largest absolute Gasteiger partial charge is 0.368 e. The number of carbonyl (C=O) groups excluding carboxylic acids is 3. The lowest BCUT2D eigenvalue weighted by Crippen LogP contribution is -2.37. The maximum Gasteiger partial charge on any atom is 0.261 e. The zero-order chi connectivity index (χ0) is 29.9. The Morgan fingerprint density at radius 3 is 2.12 bits per heavy atom. The molecule has 1 heterocycles. The summed E-state index contributed by atoms with van der Waals surface area (Å²) in [6.07, 6.45) is 0. The number of fused-ring (bicyclic) bond motifs is 1. The number of hydrogen-bond donors (Lipinski definition) is 4. The number of carbonyl (C=O) groups is 3. The summed E-state index contributed by atoms with van der Waals surface area (Å²) in [4.78, 5) is 38.1. The van der Waals surface area contributed by atoms with Gasteiger partial charge in [0.1, 0.15) is 6.54 Å². The van der Waals surface area contributed by atoms with Crippen LogP contribution in [0.15, 0.2) is 108 Å². The van der Waals surface area contributed by atoms with Crippen molar-refractivity contribution in [3.8, 4) is 0 Å². The van der Waals surface area contributed by atoms with E-state index in [1.807, 2.05) is 30.3 Å². The van der Waals surface area contributed by atoms with Gasteiger partial charge in [-0.1, -0.05) is 48.5 Å². The van der Waals surface area contributed by atoms with Gasteiger partial charge in [0.05, 0.1) is 16.2 Å². The fourth-order valence-corrected chi connectivity index (χ4v) is 5.66. The zero-order valence-corrected chi connectivity index (χ0v) is 23.3. The molecule has 212 valence electrons. The highest BCUT2D eigenvalue weighted by Gasteiger charge is 2.30. The van der Waals surface area contributed by atoms with Crippen LogP contribution >= 0.6 is 0 Å². The van der Waals surface area contributed by atoms with Crippen molar-refractivity contribution in [1.82, 2.24) is 0 Å². The molecule has 4 aromatic carbocycles. The number of sulfonamides is 1. The highest BCUT2D eigenvalue weighted by atomic mass is 32.2. The summed E-state index contributed by atoms with van der Waals surface area (Å²) in [7, 11) is -3.95. The number of amides is 3. The van der Waals surface area contributed by atoms with Crippen LogP contribution in [0, 0.1) is 0 Å². The maximum absolute atomic E-state index is 13.3. The smallest absolute Gasteiger partial charge is 0.261 e. The Morgan fingerprint density at radius 2 is 1.50 bits per heavy atom. The number of benzene rings is 4. The van der Waals surface area contributed by atoms with Gasteiger partial charge in [-0.25, -0.2) is 8.42 Å². The molecule has 0 unspecified atom stereocenters. The normalized spacial score (nSPS) is 13.5. The van der Waals surface area contributed by atoms with Gasteiger partial charge in [0, 0.05) is 35.2 Å². The van der Waals surface area contributed by atoms with Crippen LogP contribution < -0.4 is 26.0 Å². The molecule has 0 saturated heterocycles. The van der Waals surface area contributed by atoms with Gasteiger partial charge in [0.25, 0.3) is 15.9 Å². The van der Waals surface area contributed by atoms with E-state index in [1.165, 1.54) is 24.0 Å². The van der Waals surface area contributed by atoms with Crippen LogP contribution in [0.1, 0.15) is 18.1 Å². The van der Waals surface area contributed by atoms with Crippen molar-refractivity contribution in [1.29, 1.82) is 0 Å². The van der Waals surface area contributed by atoms with Crippen molar-refractivity contribution < 1.29 is 22.8 Å². The molecule has 1 aliphatic rings. The van der Waals surface area contributed by atoms with Crippen molar-refractivity contribution in [2.45, 2.75) is 11.8 Å². The minimum Gasteiger partial charge on any atom is -0.368 e. The SMILES string of the molecule is CC(=O)N(CC(N)=O)c1ccc(N/C(=C2\C(=O)Nc3ccc(S(=O)(=O)Nc4ccccc4)cc32)c2ccccc2)cc1. The second-order valence-corrected chi connectivity index (χ2v) is 11.2. The number of anilines is 4. The van der Waals surface area contributed by atoms with E-state index >= 15 is 0 Å². The van der Waals surface area contributed by atoms with E-state index in [2.05, 4.69) is 15.4 Å². The molecule has 3 amide bonds. The van der Waals surface area contributed by atoms with Crippen LogP contribution in [0.4, 0.5) is 22.7 Å². The van der Waals surface area contributed by atoms with E-state index in [9.17, 15) is 22.8 Å². The van der Waals surface area contributed by atoms with Gasteiger partial charge in [-0.2, -0.15) is 0 Å². The first-order valence-corrected chi connectivity index (χ1v) is 14.4. The molecule has 5 rings (SSSR count). The summed E-state index contributed by atoms with van der Waals surface area (Å²) in [6.45, 7) is 1.08. The number of rotatable bonds is 9. The van der Waals surface area contributed by atoms with Gasteiger partial charge in [0.15, 0.2) is 0 Å². The molecule has 0 aliphatic carbocycles. The average molecular weight is 582 g/mol. The van der Waals surface area contributed by atoms with Gasteiger partial charge in [-0.15, -0.1) is 0 Å². The number of nitrogens with two attached hydrogens (primary N) is 1. The second-order valence-electron chi connectivity index (χ2n) is 9.49. The van der Waals surface area contributed by atoms with Crippen LogP contribution in [-0.4, -0.2) is 32.7 Å². The topological polar surface area (TPSA) is 151 Å². The second kappa shape index (κ2) is 11.6. The molecule has 1 aliphatic heterocycles. The van der Waals surface area contributed by atoms with Crippen LogP contribution in [-0.2, 0) is 24.4 Å². The monoisotopic (exact) mass is 581 g/mol. The summed E-state index contributed by atoms with van der Waals surface area (Å²) < 4.78 is 29.0. The van der Waals surface area contributed by atoms with Crippen LogP contribution in [0.2, 0.25) is 0 Å². The van der Waals surface area contributed by atoms with Gasteiger partial charge < -0.3 is 21.3 Å². The lowest BCUT2D eigenvalue weighted by atomic mass is 10.00. The van der Waals surface area contributed by atoms with Crippen LogP contribution in [0.25, 0.3) is 11.3 Å². The Morgan fingerprint density at radius 1 is 0.857 bits per heavy atom. The molecule has 0 fully saturated rings. The average Bonchev–Trinajstić information content (AvgIpc) is 3.30. The molecule has 0 aromatic heterocycles. The van der Waals surface area contributed by atoms with E-state index in [1.54, 1.807) is 60.7 Å². The Bertz CT molecular complexity index is 1810. The van der Waals surface area contributed by atoms with E-state index in [4.69, 9.17) is 5.73 Å². The number of nitrogens with one attached hydrogen (secondary N) is 3. The molecule has 0 atom stereocenters. The van der Waals surface area contributed by atoms with Crippen molar-refractivity contribution in [3.63, 3.8) is 0 Å². The first-order chi connectivity index (χ1) is 20.1. The van der Waals surface area contributed by atoms with Gasteiger partial charge in [-0.05, 0) is 60.2 Å². The number of hydrogen-bond acceptors (Lipinski definition) is 6. The quantitative estimate of drug-likeness (QED) is 0.217. The molecule has 0 spiro atoms. The van der Waals surface area contributed by atoms with Crippen LogP contribution in [0.3, 0.4) is 0 Å². The Hall–Kier alpha value is -5.42. The minimum absolute atomic E-state index is 0.00496. The van der Waals surface area contributed by atoms with Crippen molar-refractivity contribution in [2.75, 3.05) is 26.8 Å². The third kappa shape index (κ3) is 6.01. The van der Waals surface area contributed by atoms with Gasteiger partial charge >= 0.3 is 0 Å². The van der Waals surface area contributed by atoms with E-state index in [0.717, 1.165) is 0 Å². The Labute approximate surface area is 242 Å². The molecule has 42 heavy (non-hydrogen) atoms. The fraction of sp³-hybridized carbons (Fsp3) is 0.0645. The van der Waals surface area contributed by atoms with Gasteiger partial charge in [0.2, 0.25) is 11.8 Å². The molecule has 10 nitrogen and oxygen atoms in total. The number of para-hydroxylation sites is 1. The number of nitrogens with zero attached hydrogens (tertiary/aromatic N) is 1. The summed E-state index contributed by atoms with van der Waals surface area (Å²) >= 11 is 0. The van der Waals surface area contributed by atoms with E-state index < -0.39 is 21.8 Å². The molecule has 0 radical (unpaired) electrons. The summed E-state index contributed by atoms with van der Waals surface area (Å²) in [5.41, 5.74) is 9.07. The first kappa shape index (κ1) is 28.1. The maximum atomic E-state index is 13.3. The van der Waals surface area contributed by atoms with Crippen molar-refractivity contribution >= 4 is 61.8 Å². The molecule has 5 N–H and O–H groups in total. The molecular formula is C31H27N5O5S. The lowest BCUT2D eigenvalue weighted by molar-refractivity contribution is -0.121. The molecule has 11 heteroatoms. The van der Waals surface area contributed by atoms with Crippen molar-refractivity contribution in [3.05, 3.63) is 114 Å². The molecule has 4 aromatic rings. The molecule has 0 bridgehead atoms. The predicted molar refractivity (Wildman–Crippen MR) is 163 cm³/mol. The molecule has 0 saturated carbocycles. The Kier molecular flexibility index (Phi) is 7.76. The standard InChI is InChI=1S/C31H27N5O5S/c1-20(37)36(19-28(32)38)24-14-12-22(13-15-24)33-30(21-8-4-2-5-9-21)29-26-18-25(16-17-27(26)34-31(29)39)42(40,41)35-23-10-6-3-7-11-23/h2-18,33,35H,19H2,1H3,(H2,32,38)(H,34,39)/b30-29-. The number of primary amides is 1. The highest BCUT2D eigenvalue weighted by molar-refractivity contribution is 7.92. The van der Waals surface area contributed by atoms with E-state index in [-0.39, 0.29) is 22.9 Å². The first-order valence-electron chi connectivity index (χ1n) is 12.9. The summed E-state index contributed by atoms with van der Waals surface area (Å²) in [5.74, 6) is -1.38. The third-order valence-electron chi connectivity index (χ3n) is 6.53. The summed E-state index contributed by atoms with van der Waals surface area (Å²) in [5, 5.41) is 6.13. The van der Waals surface area contributed by atoms with Gasteiger partial charge in [-0.3, -0.25) is 19.1 Å². The van der Waals surface area contributed by atoms with E-state index in [0.29, 0.717) is 39.6 Å². The third-order valence-corrected chi connectivity index (χ3v) is 7.91. The zero-order valence-electron chi connectivity index (χ0n) is 22.5. The van der Waals surface area contributed by atoms with Crippen molar-refractivity contribution in [2.24, 2.45) is 5.73 Å². The fourth-order valence-electron chi connectivity index (χ4n) is 4.58. The van der Waals surface area contributed by atoms with Crippen LogP contribution in [0.5, 0.6) is 0 Å². The minimum atomic E-state index is -3.95. The highest BCUT2D eigenvalue weighted by Crippen LogP contribution is 2.39. The Balaban J connectivity index is 1.56. The summed E-state index contributed by atoms with van der Waals surface area (Å²) in [6, 6.07) is 28.9. The lowest BCUT2D eigenvalue weighted by Gasteiger charge is -2.20. The molecular weight excluding hydrogens is 554 g/mol.